The van der Waals surface area contributed by atoms with E-state index >= 15 is 0 Å². The number of hydrogen-bond donors (Lipinski definition) is 0. The first kappa shape index (κ1) is 15.8. The summed E-state index contributed by atoms with van der Waals surface area (Å²) in [4.78, 5) is 18.5. The number of ether oxygens (including phenoxy) is 1. The molecule has 2 fully saturated rings. The molecule has 1 aromatic carbocycles. The Morgan fingerprint density at radius 2 is 2.04 bits per heavy atom. The molecule has 1 spiro atoms. The maximum atomic E-state index is 12.4. The van der Waals surface area contributed by atoms with Crippen LogP contribution in [0.4, 0.5) is 0 Å². The SMILES string of the molecule is O=C(c1cscn1)N1CCC2(CC1)C[C@H](c1ccccc1)CCO2. The Morgan fingerprint density at radius 3 is 2.75 bits per heavy atom. The van der Waals surface area contributed by atoms with E-state index in [1.54, 1.807) is 5.51 Å². The fraction of sp³-hybridized carbons (Fsp3) is 0.474. The molecule has 0 aliphatic carbocycles. The third-order valence-electron chi connectivity index (χ3n) is 5.38. The molecular weight excluding hydrogens is 320 g/mol. The van der Waals surface area contributed by atoms with Crippen LogP contribution in [-0.2, 0) is 4.74 Å². The Labute approximate surface area is 146 Å². The second-order valence-electron chi connectivity index (χ2n) is 6.80. The van der Waals surface area contributed by atoms with Crippen LogP contribution in [0.3, 0.4) is 0 Å². The van der Waals surface area contributed by atoms with Crippen molar-refractivity contribution in [1.29, 1.82) is 0 Å². The van der Waals surface area contributed by atoms with Crippen molar-refractivity contribution in [3.05, 3.63) is 52.5 Å². The Hall–Kier alpha value is -1.72. The van der Waals surface area contributed by atoms with Crippen LogP contribution in [0.5, 0.6) is 0 Å². The molecule has 126 valence electrons. The van der Waals surface area contributed by atoms with E-state index in [1.165, 1.54) is 16.9 Å². The lowest BCUT2D eigenvalue weighted by Crippen LogP contribution is -2.50. The predicted octanol–water partition coefficient (Wildman–Crippen LogP) is 3.71. The van der Waals surface area contributed by atoms with Gasteiger partial charge in [-0.25, -0.2) is 4.98 Å². The zero-order valence-corrected chi connectivity index (χ0v) is 14.5. The zero-order chi connectivity index (χ0) is 16.4. The Bertz CT molecular complexity index is 679. The molecule has 0 saturated carbocycles. The van der Waals surface area contributed by atoms with Gasteiger partial charge in [-0.3, -0.25) is 4.79 Å². The minimum atomic E-state index is -0.0579. The first-order chi connectivity index (χ1) is 11.8. The molecule has 2 saturated heterocycles. The number of aromatic nitrogens is 1. The second kappa shape index (κ2) is 6.65. The third-order valence-corrected chi connectivity index (χ3v) is 5.96. The highest BCUT2D eigenvalue weighted by molar-refractivity contribution is 7.07. The van der Waals surface area contributed by atoms with Gasteiger partial charge in [0.1, 0.15) is 5.69 Å². The van der Waals surface area contributed by atoms with E-state index < -0.39 is 0 Å². The molecule has 2 aliphatic rings. The van der Waals surface area contributed by atoms with Crippen molar-refractivity contribution in [2.24, 2.45) is 0 Å². The zero-order valence-electron chi connectivity index (χ0n) is 13.7. The summed E-state index contributed by atoms with van der Waals surface area (Å²) >= 11 is 1.47. The molecule has 3 heterocycles. The van der Waals surface area contributed by atoms with Crippen molar-refractivity contribution < 1.29 is 9.53 Å². The van der Waals surface area contributed by atoms with Gasteiger partial charge in [-0.15, -0.1) is 11.3 Å². The molecule has 2 aromatic rings. The smallest absolute Gasteiger partial charge is 0.273 e. The highest BCUT2D eigenvalue weighted by atomic mass is 32.1. The van der Waals surface area contributed by atoms with Gasteiger partial charge in [0, 0.05) is 25.1 Å². The molecule has 1 amide bonds. The van der Waals surface area contributed by atoms with E-state index in [0.717, 1.165) is 45.4 Å². The summed E-state index contributed by atoms with van der Waals surface area (Å²) in [5.74, 6) is 0.627. The van der Waals surface area contributed by atoms with E-state index in [4.69, 9.17) is 4.74 Å². The molecule has 0 bridgehead atoms. The Morgan fingerprint density at radius 1 is 1.25 bits per heavy atom. The van der Waals surface area contributed by atoms with Crippen molar-refractivity contribution in [1.82, 2.24) is 9.88 Å². The van der Waals surface area contributed by atoms with E-state index in [0.29, 0.717) is 11.6 Å². The minimum Gasteiger partial charge on any atom is -0.375 e. The summed E-state index contributed by atoms with van der Waals surface area (Å²) in [7, 11) is 0. The normalized spacial score (nSPS) is 23.3. The summed E-state index contributed by atoms with van der Waals surface area (Å²) in [6.45, 7) is 2.34. The maximum Gasteiger partial charge on any atom is 0.273 e. The molecule has 4 nitrogen and oxygen atoms in total. The lowest BCUT2D eigenvalue weighted by molar-refractivity contribution is -0.113. The van der Waals surface area contributed by atoms with Crippen molar-refractivity contribution in [3.63, 3.8) is 0 Å². The lowest BCUT2D eigenvalue weighted by atomic mass is 9.77. The monoisotopic (exact) mass is 342 g/mol. The summed E-state index contributed by atoms with van der Waals surface area (Å²) < 4.78 is 6.23. The Kier molecular flexibility index (Phi) is 4.37. The second-order valence-corrected chi connectivity index (χ2v) is 7.52. The van der Waals surface area contributed by atoms with E-state index in [1.807, 2.05) is 10.3 Å². The molecular formula is C19H22N2O2S. The van der Waals surface area contributed by atoms with Gasteiger partial charge in [-0.1, -0.05) is 30.3 Å². The quantitative estimate of drug-likeness (QED) is 0.835. The summed E-state index contributed by atoms with van der Waals surface area (Å²) in [6.07, 6.45) is 4.00. The van der Waals surface area contributed by atoms with Crippen LogP contribution < -0.4 is 0 Å². The number of amides is 1. The number of thiazole rings is 1. The van der Waals surface area contributed by atoms with Crippen LogP contribution >= 0.6 is 11.3 Å². The molecule has 2 aliphatic heterocycles. The third kappa shape index (κ3) is 3.10. The molecule has 0 radical (unpaired) electrons. The number of benzene rings is 1. The van der Waals surface area contributed by atoms with Gasteiger partial charge >= 0.3 is 0 Å². The molecule has 1 aromatic heterocycles. The highest BCUT2D eigenvalue weighted by Crippen LogP contribution is 2.41. The largest absolute Gasteiger partial charge is 0.375 e. The standard InChI is InChI=1S/C19H22N2O2S/c22-18(17-13-24-14-20-17)21-9-7-19(8-10-21)12-16(6-11-23-19)15-4-2-1-3-5-15/h1-5,13-14,16H,6-12H2/t16-/m1/s1. The van der Waals surface area contributed by atoms with Crippen LogP contribution in [0.2, 0.25) is 0 Å². The first-order valence-electron chi connectivity index (χ1n) is 8.62. The molecule has 24 heavy (non-hydrogen) atoms. The fourth-order valence-corrected chi connectivity index (χ4v) is 4.51. The van der Waals surface area contributed by atoms with Crippen LogP contribution in [0.25, 0.3) is 0 Å². The summed E-state index contributed by atoms with van der Waals surface area (Å²) in [5, 5.41) is 1.83. The van der Waals surface area contributed by atoms with E-state index in [2.05, 4.69) is 35.3 Å². The van der Waals surface area contributed by atoms with Crippen molar-refractivity contribution in [2.45, 2.75) is 37.2 Å². The van der Waals surface area contributed by atoms with Crippen LogP contribution in [0.1, 0.15) is 47.7 Å². The maximum absolute atomic E-state index is 12.4. The summed E-state index contributed by atoms with van der Waals surface area (Å²) in [5.41, 5.74) is 3.65. The number of piperidine rings is 1. The fourth-order valence-electron chi connectivity index (χ4n) is 3.98. The predicted molar refractivity (Wildman–Crippen MR) is 94.4 cm³/mol. The Balaban J connectivity index is 1.41. The highest BCUT2D eigenvalue weighted by Gasteiger charge is 2.41. The average Bonchev–Trinajstić information content (AvgIpc) is 3.17. The number of rotatable bonds is 2. The van der Waals surface area contributed by atoms with Gasteiger partial charge in [0.05, 0.1) is 11.1 Å². The van der Waals surface area contributed by atoms with Crippen LogP contribution in [0, 0.1) is 0 Å². The van der Waals surface area contributed by atoms with Gasteiger partial charge in [0.25, 0.3) is 5.91 Å². The molecule has 1 atom stereocenters. The number of carbonyl (C=O) groups excluding carboxylic acids is 1. The van der Waals surface area contributed by atoms with Gasteiger partial charge in [0.2, 0.25) is 0 Å². The topological polar surface area (TPSA) is 42.4 Å². The number of nitrogens with zero attached hydrogens (tertiary/aromatic N) is 2. The lowest BCUT2D eigenvalue weighted by Gasteiger charge is -2.46. The number of likely N-dealkylation sites (tertiary alicyclic amines) is 1. The van der Waals surface area contributed by atoms with Crippen LogP contribution in [-0.4, -0.2) is 41.1 Å². The van der Waals surface area contributed by atoms with Crippen molar-refractivity contribution in [3.8, 4) is 0 Å². The minimum absolute atomic E-state index is 0.0570. The van der Waals surface area contributed by atoms with Crippen LogP contribution in [0.15, 0.2) is 41.2 Å². The molecule has 0 unspecified atom stereocenters. The van der Waals surface area contributed by atoms with E-state index in [9.17, 15) is 4.79 Å². The van der Waals surface area contributed by atoms with Gasteiger partial charge < -0.3 is 9.64 Å². The average molecular weight is 342 g/mol. The van der Waals surface area contributed by atoms with E-state index in [-0.39, 0.29) is 11.5 Å². The first-order valence-corrected chi connectivity index (χ1v) is 9.56. The molecule has 5 heteroatoms. The summed E-state index contributed by atoms with van der Waals surface area (Å²) in [6, 6.07) is 10.8. The molecule has 0 N–H and O–H groups in total. The van der Waals surface area contributed by atoms with Gasteiger partial charge in [0.15, 0.2) is 0 Å². The molecule has 4 rings (SSSR count). The van der Waals surface area contributed by atoms with Gasteiger partial charge in [-0.2, -0.15) is 0 Å². The number of hydrogen-bond acceptors (Lipinski definition) is 4. The van der Waals surface area contributed by atoms with Crippen molar-refractivity contribution >= 4 is 17.2 Å². The van der Waals surface area contributed by atoms with Gasteiger partial charge in [-0.05, 0) is 37.2 Å². The number of carbonyl (C=O) groups is 1. The van der Waals surface area contributed by atoms with Crippen molar-refractivity contribution in [2.75, 3.05) is 19.7 Å².